The number of benzene rings is 1. The lowest BCUT2D eigenvalue weighted by molar-refractivity contribution is -0.150. The molecular formula is C14H16ClN3O2. The number of ketones is 2. The average molecular weight is 294 g/mol. The van der Waals surface area contributed by atoms with E-state index < -0.39 is 17.9 Å². The zero-order chi connectivity index (χ0) is 14.3. The molecule has 0 spiro atoms. The van der Waals surface area contributed by atoms with E-state index in [-0.39, 0.29) is 5.78 Å². The van der Waals surface area contributed by atoms with E-state index in [0.29, 0.717) is 13.1 Å². The second-order valence-electron chi connectivity index (χ2n) is 5.33. The Morgan fingerprint density at radius 1 is 1.30 bits per heavy atom. The molecule has 1 aromatic rings. The molecule has 1 fully saturated rings. The van der Waals surface area contributed by atoms with Crippen LogP contribution in [0.1, 0.15) is 16.7 Å². The minimum absolute atomic E-state index is 0.348. The summed E-state index contributed by atoms with van der Waals surface area (Å²) >= 11 is 5.53. The first-order valence-corrected chi connectivity index (χ1v) is 7.01. The van der Waals surface area contributed by atoms with Crippen LogP contribution in [-0.4, -0.2) is 35.1 Å². The van der Waals surface area contributed by atoms with Gasteiger partial charge in [0.25, 0.3) is 0 Å². The third-order valence-electron chi connectivity index (χ3n) is 4.13. The molecule has 1 aliphatic heterocycles. The molecule has 6 heteroatoms. The Bertz CT molecular complexity index is 576. The summed E-state index contributed by atoms with van der Waals surface area (Å²) in [5, 5.41) is 0. The van der Waals surface area contributed by atoms with Gasteiger partial charge in [-0.1, -0.05) is 18.2 Å². The fraction of sp³-hybridized carbons (Fsp3) is 0.429. The fourth-order valence-corrected chi connectivity index (χ4v) is 3.12. The van der Waals surface area contributed by atoms with Gasteiger partial charge in [-0.25, -0.2) is 4.84 Å². The number of halogens is 1. The predicted molar refractivity (Wildman–Crippen MR) is 75.0 cm³/mol. The lowest BCUT2D eigenvalue weighted by Crippen LogP contribution is -2.69. The Morgan fingerprint density at radius 3 is 2.80 bits per heavy atom. The van der Waals surface area contributed by atoms with Crippen molar-refractivity contribution in [2.24, 2.45) is 5.73 Å². The number of rotatable bonds is 3. The molecule has 1 aliphatic carbocycles. The molecule has 1 saturated carbocycles. The monoisotopic (exact) mass is 293 g/mol. The maximum Gasteiger partial charge on any atom is 0.219 e. The van der Waals surface area contributed by atoms with Crippen LogP contribution < -0.4 is 10.6 Å². The first-order valence-electron chi connectivity index (χ1n) is 6.63. The number of nitrogens with zero attached hydrogens (tertiary/aromatic N) is 1. The summed E-state index contributed by atoms with van der Waals surface area (Å²) in [5.41, 5.74) is 9.31. The van der Waals surface area contributed by atoms with Gasteiger partial charge in [-0.3, -0.25) is 14.5 Å². The van der Waals surface area contributed by atoms with Crippen molar-refractivity contribution in [2.45, 2.75) is 31.6 Å². The molecule has 0 amide bonds. The van der Waals surface area contributed by atoms with E-state index >= 15 is 0 Å². The van der Waals surface area contributed by atoms with Crippen molar-refractivity contribution in [1.82, 2.24) is 9.74 Å². The van der Waals surface area contributed by atoms with Gasteiger partial charge < -0.3 is 5.73 Å². The van der Waals surface area contributed by atoms with Crippen molar-refractivity contribution >= 4 is 23.3 Å². The molecule has 0 saturated heterocycles. The Hall–Kier alpha value is -1.27. The van der Waals surface area contributed by atoms with Crippen molar-refractivity contribution in [3.05, 3.63) is 34.9 Å². The summed E-state index contributed by atoms with van der Waals surface area (Å²) in [4.78, 5) is 27.5. The standard InChI is InChI=1S/C14H16ClN3O2/c15-17-6-8-1-2-9-3-4-18(7-10(9)5-8)12-11(16)13(19)14(12)20/h1-2,5,11-12,17H,3-4,6-7,16H2. The van der Waals surface area contributed by atoms with E-state index in [0.717, 1.165) is 18.5 Å². The molecule has 0 radical (unpaired) electrons. The predicted octanol–water partition coefficient (Wildman–Crippen LogP) is 0.136. The summed E-state index contributed by atoms with van der Waals surface area (Å²) in [7, 11) is 0. The van der Waals surface area contributed by atoms with Crippen LogP contribution >= 0.6 is 11.8 Å². The van der Waals surface area contributed by atoms with Crippen molar-refractivity contribution in [3.63, 3.8) is 0 Å². The van der Waals surface area contributed by atoms with Gasteiger partial charge in [0.05, 0.1) is 12.1 Å². The summed E-state index contributed by atoms with van der Waals surface area (Å²) in [6.45, 7) is 2.01. The van der Waals surface area contributed by atoms with Crippen molar-refractivity contribution < 1.29 is 9.59 Å². The van der Waals surface area contributed by atoms with Crippen LogP contribution in [-0.2, 0) is 29.1 Å². The van der Waals surface area contributed by atoms with Gasteiger partial charge in [-0.05, 0) is 34.9 Å². The third kappa shape index (κ3) is 2.16. The third-order valence-corrected chi connectivity index (χ3v) is 4.26. The normalized spacial score (nSPS) is 26.3. The van der Waals surface area contributed by atoms with Crippen LogP contribution in [0.3, 0.4) is 0 Å². The molecule has 2 unspecified atom stereocenters. The zero-order valence-electron chi connectivity index (χ0n) is 10.9. The van der Waals surface area contributed by atoms with Gasteiger partial charge in [-0.15, -0.1) is 0 Å². The minimum Gasteiger partial charge on any atom is -0.319 e. The average Bonchev–Trinajstić information content (AvgIpc) is 2.47. The van der Waals surface area contributed by atoms with E-state index in [1.165, 1.54) is 11.1 Å². The van der Waals surface area contributed by atoms with Crippen LogP contribution in [0.2, 0.25) is 0 Å². The van der Waals surface area contributed by atoms with Gasteiger partial charge in [0.1, 0.15) is 0 Å². The molecule has 106 valence electrons. The first-order chi connectivity index (χ1) is 9.61. The quantitative estimate of drug-likeness (QED) is 0.612. The second kappa shape index (κ2) is 5.26. The van der Waals surface area contributed by atoms with E-state index in [1.807, 2.05) is 11.0 Å². The molecule has 0 bridgehead atoms. The van der Waals surface area contributed by atoms with E-state index in [9.17, 15) is 9.59 Å². The van der Waals surface area contributed by atoms with Gasteiger partial charge in [0.2, 0.25) is 11.6 Å². The molecule has 2 atom stereocenters. The van der Waals surface area contributed by atoms with Crippen LogP contribution in [0.25, 0.3) is 0 Å². The van der Waals surface area contributed by atoms with Crippen molar-refractivity contribution in [3.8, 4) is 0 Å². The number of hydrogen-bond donors (Lipinski definition) is 2. The number of carbonyl (C=O) groups excluding carboxylic acids is 2. The lowest BCUT2D eigenvalue weighted by Gasteiger charge is -2.41. The number of hydrogen-bond acceptors (Lipinski definition) is 5. The topological polar surface area (TPSA) is 75.4 Å². The number of fused-ring (bicyclic) bond motifs is 1. The molecule has 1 heterocycles. The minimum atomic E-state index is -0.656. The molecule has 3 N–H and O–H groups in total. The number of nitrogens with one attached hydrogen (secondary N) is 1. The van der Waals surface area contributed by atoms with Gasteiger partial charge >= 0.3 is 0 Å². The highest BCUT2D eigenvalue weighted by molar-refractivity contribution is 6.48. The van der Waals surface area contributed by atoms with Gasteiger partial charge in [0.15, 0.2) is 0 Å². The number of Topliss-reactive ketones (excluding diaryl/α,β-unsaturated/α-hetero) is 2. The van der Waals surface area contributed by atoms with E-state index in [4.69, 9.17) is 17.5 Å². The highest BCUT2D eigenvalue weighted by Crippen LogP contribution is 2.26. The maximum atomic E-state index is 11.7. The molecule has 20 heavy (non-hydrogen) atoms. The Kier molecular flexibility index (Phi) is 3.60. The molecule has 0 aromatic heterocycles. The van der Waals surface area contributed by atoms with Crippen LogP contribution in [0.5, 0.6) is 0 Å². The zero-order valence-corrected chi connectivity index (χ0v) is 11.7. The maximum absolute atomic E-state index is 11.7. The summed E-state index contributed by atoms with van der Waals surface area (Å²) in [6.07, 6.45) is 0.870. The van der Waals surface area contributed by atoms with Gasteiger partial charge in [-0.2, -0.15) is 0 Å². The van der Waals surface area contributed by atoms with Crippen LogP contribution in [0.15, 0.2) is 18.2 Å². The van der Waals surface area contributed by atoms with Crippen LogP contribution in [0, 0.1) is 0 Å². The Labute approximate surface area is 122 Å². The van der Waals surface area contributed by atoms with Crippen LogP contribution in [0.4, 0.5) is 0 Å². The Balaban J connectivity index is 1.79. The van der Waals surface area contributed by atoms with Crippen molar-refractivity contribution in [1.29, 1.82) is 0 Å². The smallest absolute Gasteiger partial charge is 0.219 e. The number of carbonyl (C=O) groups is 2. The highest BCUT2D eigenvalue weighted by atomic mass is 35.5. The van der Waals surface area contributed by atoms with E-state index in [1.54, 1.807) is 0 Å². The number of nitrogens with two attached hydrogens (primary N) is 1. The highest BCUT2D eigenvalue weighted by Gasteiger charge is 2.50. The van der Waals surface area contributed by atoms with Gasteiger partial charge in [0, 0.05) is 19.6 Å². The summed E-state index contributed by atoms with van der Waals surface area (Å²) in [6, 6.07) is 5.15. The SMILES string of the molecule is NC1C(=O)C(=O)C1N1CCc2ccc(CNCl)cc2C1. The summed E-state index contributed by atoms with van der Waals surface area (Å²) in [5.74, 6) is -0.791. The molecular weight excluding hydrogens is 278 g/mol. The van der Waals surface area contributed by atoms with E-state index in [2.05, 4.69) is 17.0 Å². The Morgan fingerprint density at radius 2 is 2.10 bits per heavy atom. The second-order valence-corrected chi connectivity index (χ2v) is 5.60. The molecule has 3 rings (SSSR count). The first kappa shape index (κ1) is 13.7. The lowest BCUT2D eigenvalue weighted by atomic mass is 9.81. The summed E-state index contributed by atoms with van der Waals surface area (Å²) < 4.78 is 0. The molecule has 1 aromatic carbocycles. The largest absolute Gasteiger partial charge is 0.319 e. The molecule has 2 aliphatic rings. The fourth-order valence-electron chi connectivity index (χ4n) is 2.97. The van der Waals surface area contributed by atoms with Crippen molar-refractivity contribution in [2.75, 3.05) is 6.54 Å². The molecule has 5 nitrogen and oxygen atoms in total.